The van der Waals surface area contributed by atoms with Gasteiger partial charge in [0.2, 0.25) is 0 Å². The summed E-state index contributed by atoms with van der Waals surface area (Å²) in [5.74, 6) is 0. The molecule has 0 heterocycles. The van der Waals surface area contributed by atoms with Gasteiger partial charge < -0.3 is 20.7 Å². The van der Waals surface area contributed by atoms with Crippen molar-refractivity contribution < 1.29 is 14.3 Å². The molecule has 1 aromatic carbocycles. The fourth-order valence-electron chi connectivity index (χ4n) is 1.67. The summed E-state index contributed by atoms with van der Waals surface area (Å²) >= 11 is 5.82. The standard InChI is InChI=1S/C15H22ClN3O3/c1-2-3-4-8-18-15(21)22-10-9-17-14(20)19-13-7-5-6-12(16)11-13/h5-7,11H,2-4,8-10H2,1H3,(H,18,21)(H2,17,19,20). The largest absolute Gasteiger partial charge is 0.448 e. The van der Waals surface area contributed by atoms with Crippen molar-refractivity contribution in [3.8, 4) is 0 Å². The maximum Gasteiger partial charge on any atom is 0.407 e. The molecule has 3 amide bonds. The predicted molar refractivity (Wildman–Crippen MR) is 87.3 cm³/mol. The molecular weight excluding hydrogens is 306 g/mol. The molecule has 0 atom stereocenters. The number of alkyl carbamates (subject to hydrolysis) is 1. The van der Waals surface area contributed by atoms with E-state index in [1.807, 2.05) is 0 Å². The number of halogens is 1. The number of hydrogen-bond acceptors (Lipinski definition) is 3. The normalized spacial score (nSPS) is 9.91. The molecule has 0 aliphatic rings. The minimum Gasteiger partial charge on any atom is -0.448 e. The summed E-state index contributed by atoms with van der Waals surface area (Å²) in [6, 6.07) is 6.45. The summed E-state index contributed by atoms with van der Waals surface area (Å²) in [6.07, 6.45) is 2.65. The molecule has 0 saturated carbocycles. The molecule has 0 spiro atoms. The van der Waals surface area contributed by atoms with Crippen LogP contribution in [-0.4, -0.2) is 31.8 Å². The molecule has 7 heteroatoms. The number of nitrogens with one attached hydrogen (secondary N) is 3. The molecule has 1 rings (SSSR count). The fraction of sp³-hybridized carbons (Fsp3) is 0.467. The number of hydrogen-bond donors (Lipinski definition) is 3. The fourth-order valence-corrected chi connectivity index (χ4v) is 1.86. The van der Waals surface area contributed by atoms with E-state index in [1.165, 1.54) is 0 Å². The Balaban J connectivity index is 2.08. The molecule has 0 saturated heterocycles. The van der Waals surface area contributed by atoms with Gasteiger partial charge in [-0.25, -0.2) is 9.59 Å². The number of benzene rings is 1. The van der Waals surface area contributed by atoms with Gasteiger partial charge in [-0.2, -0.15) is 0 Å². The average Bonchev–Trinajstić information content (AvgIpc) is 2.48. The van der Waals surface area contributed by atoms with Crippen molar-refractivity contribution in [1.82, 2.24) is 10.6 Å². The number of urea groups is 1. The Labute approximate surface area is 135 Å². The number of amides is 3. The van der Waals surface area contributed by atoms with Gasteiger partial charge in [0.05, 0.1) is 6.54 Å². The summed E-state index contributed by atoms with van der Waals surface area (Å²) < 4.78 is 4.93. The van der Waals surface area contributed by atoms with Crippen LogP contribution in [0.15, 0.2) is 24.3 Å². The van der Waals surface area contributed by atoms with E-state index in [2.05, 4.69) is 22.9 Å². The van der Waals surface area contributed by atoms with Crippen LogP contribution in [0.2, 0.25) is 5.02 Å². The maximum atomic E-state index is 11.6. The van der Waals surface area contributed by atoms with Crippen LogP contribution in [-0.2, 0) is 4.74 Å². The van der Waals surface area contributed by atoms with Gasteiger partial charge in [-0.15, -0.1) is 0 Å². The lowest BCUT2D eigenvalue weighted by Gasteiger charge is -2.09. The lowest BCUT2D eigenvalue weighted by Crippen LogP contribution is -2.33. The Morgan fingerprint density at radius 1 is 1.18 bits per heavy atom. The van der Waals surface area contributed by atoms with Gasteiger partial charge in [0, 0.05) is 17.3 Å². The first kappa shape index (κ1) is 18.1. The smallest absolute Gasteiger partial charge is 0.407 e. The number of unbranched alkanes of at least 4 members (excludes halogenated alkanes) is 2. The zero-order valence-corrected chi connectivity index (χ0v) is 13.4. The third-order valence-corrected chi connectivity index (χ3v) is 2.99. The summed E-state index contributed by atoms with van der Waals surface area (Å²) in [4.78, 5) is 22.9. The molecule has 0 radical (unpaired) electrons. The van der Waals surface area contributed by atoms with E-state index in [1.54, 1.807) is 24.3 Å². The van der Waals surface area contributed by atoms with E-state index in [0.29, 0.717) is 17.3 Å². The Bertz CT molecular complexity index is 483. The van der Waals surface area contributed by atoms with Crippen molar-refractivity contribution >= 4 is 29.4 Å². The van der Waals surface area contributed by atoms with Crippen molar-refractivity contribution in [3.05, 3.63) is 29.3 Å². The van der Waals surface area contributed by atoms with Gasteiger partial charge in [0.25, 0.3) is 0 Å². The van der Waals surface area contributed by atoms with E-state index in [4.69, 9.17) is 16.3 Å². The van der Waals surface area contributed by atoms with Gasteiger partial charge in [0.1, 0.15) is 6.61 Å². The topological polar surface area (TPSA) is 79.5 Å². The monoisotopic (exact) mass is 327 g/mol. The van der Waals surface area contributed by atoms with Crippen molar-refractivity contribution in [3.63, 3.8) is 0 Å². The van der Waals surface area contributed by atoms with E-state index in [0.717, 1.165) is 19.3 Å². The lowest BCUT2D eigenvalue weighted by atomic mass is 10.2. The third kappa shape index (κ3) is 8.36. The molecule has 6 nitrogen and oxygen atoms in total. The highest BCUT2D eigenvalue weighted by atomic mass is 35.5. The number of carbonyl (C=O) groups excluding carboxylic acids is 2. The lowest BCUT2D eigenvalue weighted by molar-refractivity contribution is 0.147. The minimum atomic E-state index is -0.465. The van der Waals surface area contributed by atoms with Crippen LogP contribution in [0.4, 0.5) is 15.3 Å². The Morgan fingerprint density at radius 3 is 2.73 bits per heavy atom. The van der Waals surface area contributed by atoms with Crippen LogP contribution in [0, 0.1) is 0 Å². The van der Waals surface area contributed by atoms with Crippen LogP contribution in [0.3, 0.4) is 0 Å². The van der Waals surface area contributed by atoms with Gasteiger partial charge in [0.15, 0.2) is 0 Å². The first-order valence-electron chi connectivity index (χ1n) is 7.33. The molecule has 0 aliphatic carbocycles. The van der Waals surface area contributed by atoms with Gasteiger partial charge >= 0.3 is 12.1 Å². The second kappa shape index (κ2) is 10.7. The van der Waals surface area contributed by atoms with E-state index in [9.17, 15) is 9.59 Å². The highest BCUT2D eigenvalue weighted by Crippen LogP contribution is 2.14. The van der Waals surface area contributed by atoms with Crippen molar-refractivity contribution in [2.24, 2.45) is 0 Å². The quantitative estimate of drug-likeness (QED) is 0.640. The number of carbonyl (C=O) groups is 2. The number of anilines is 1. The zero-order valence-electron chi connectivity index (χ0n) is 12.7. The van der Waals surface area contributed by atoms with Crippen molar-refractivity contribution in [2.75, 3.05) is 25.0 Å². The summed E-state index contributed by atoms with van der Waals surface area (Å²) in [5.41, 5.74) is 0.597. The Kier molecular flexibility index (Phi) is 8.83. The first-order valence-corrected chi connectivity index (χ1v) is 7.70. The molecule has 0 fully saturated rings. The van der Waals surface area contributed by atoms with Crippen molar-refractivity contribution in [2.45, 2.75) is 26.2 Å². The third-order valence-electron chi connectivity index (χ3n) is 2.75. The Morgan fingerprint density at radius 2 is 2.00 bits per heavy atom. The van der Waals surface area contributed by atoms with Gasteiger partial charge in [-0.1, -0.05) is 37.4 Å². The SMILES string of the molecule is CCCCCNC(=O)OCCNC(=O)Nc1cccc(Cl)c1. The first-order chi connectivity index (χ1) is 10.6. The summed E-state index contributed by atoms with van der Waals surface area (Å²) in [6.45, 7) is 3.05. The van der Waals surface area contributed by atoms with Crippen molar-refractivity contribution in [1.29, 1.82) is 0 Å². The van der Waals surface area contributed by atoms with E-state index < -0.39 is 6.09 Å². The van der Waals surface area contributed by atoms with Crippen LogP contribution >= 0.6 is 11.6 Å². The zero-order chi connectivity index (χ0) is 16.2. The van der Waals surface area contributed by atoms with Crippen LogP contribution in [0.5, 0.6) is 0 Å². The summed E-state index contributed by atoms with van der Waals surface area (Å²) in [5, 5.41) is 8.40. The van der Waals surface area contributed by atoms with Crippen LogP contribution in [0.25, 0.3) is 0 Å². The molecular formula is C15H22ClN3O3. The van der Waals surface area contributed by atoms with Crippen LogP contribution in [0.1, 0.15) is 26.2 Å². The second-order valence-corrected chi connectivity index (χ2v) is 5.10. The maximum absolute atomic E-state index is 11.6. The molecule has 1 aromatic rings. The predicted octanol–water partition coefficient (Wildman–Crippen LogP) is 3.38. The Hall–Kier alpha value is -1.95. The highest BCUT2D eigenvalue weighted by molar-refractivity contribution is 6.30. The number of rotatable bonds is 8. The molecule has 0 bridgehead atoms. The second-order valence-electron chi connectivity index (χ2n) is 4.66. The summed E-state index contributed by atoms with van der Waals surface area (Å²) in [7, 11) is 0. The molecule has 122 valence electrons. The molecule has 0 unspecified atom stereocenters. The van der Waals surface area contributed by atoms with Crippen LogP contribution < -0.4 is 16.0 Å². The molecule has 22 heavy (non-hydrogen) atoms. The molecule has 0 aliphatic heterocycles. The van der Waals surface area contributed by atoms with E-state index in [-0.39, 0.29) is 19.2 Å². The van der Waals surface area contributed by atoms with E-state index >= 15 is 0 Å². The number of ether oxygens (including phenoxy) is 1. The average molecular weight is 328 g/mol. The van der Waals surface area contributed by atoms with Gasteiger partial charge in [-0.3, -0.25) is 0 Å². The molecule has 3 N–H and O–H groups in total. The van der Waals surface area contributed by atoms with Gasteiger partial charge in [-0.05, 0) is 24.6 Å². The minimum absolute atomic E-state index is 0.114. The molecule has 0 aromatic heterocycles. The highest BCUT2D eigenvalue weighted by Gasteiger charge is 2.03.